The van der Waals surface area contributed by atoms with Gasteiger partial charge in [0.1, 0.15) is 6.07 Å². The first-order valence-electron chi connectivity index (χ1n) is 6.90. The second-order valence-electron chi connectivity index (χ2n) is 4.68. The molecule has 0 aliphatic heterocycles. The van der Waals surface area contributed by atoms with E-state index in [0.29, 0.717) is 0 Å². The van der Waals surface area contributed by atoms with E-state index in [1.165, 1.54) is 0 Å². The van der Waals surface area contributed by atoms with Gasteiger partial charge in [-0.25, -0.2) is 0 Å². The molecule has 0 bridgehead atoms. The second kappa shape index (κ2) is 8.23. The summed E-state index contributed by atoms with van der Waals surface area (Å²) in [5, 5.41) is 12.7. The first kappa shape index (κ1) is 16.1. The van der Waals surface area contributed by atoms with Crippen molar-refractivity contribution in [3.63, 3.8) is 0 Å². The van der Waals surface area contributed by atoms with Crippen molar-refractivity contribution in [3.8, 4) is 6.07 Å². The summed E-state index contributed by atoms with van der Waals surface area (Å²) in [5.41, 5.74) is 1.88. The number of benzene rings is 2. The van der Waals surface area contributed by atoms with Crippen LogP contribution in [-0.4, -0.2) is 6.54 Å². The fourth-order valence-electron chi connectivity index (χ4n) is 1.93. The molecule has 2 aromatic rings. The van der Waals surface area contributed by atoms with Gasteiger partial charge in [0.15, 0.2) is 0 Å². The quantitative estimate of drug-likeness (QED) is 0.738. The molecule has 0 heterocycles. The highest BCUT2D eigenvalue weighted by Crippen LogP contribution is 2.32. The third kappa shape index (κ3) is 4.89. The average Bonchev–Trinajstić information content (AvgIpc) is 2.49. The van der Waals surface area contributed by atoms with Crippen LogP contribution in [0.25, 0.3) is 0 Å². The molecule has 21 heavy (non-hydrogen) atoms. The Hall–Kier alpha value is -1.28. The SMILES string of the molecule is CCCNCc1ccc(Sc2cccc(Br)c2)c(C#N)c1. The number of halogens is 1. The van der Waals surface area contributed by atoms with E-state index in [4.69, 9.17) is 0 Å². The molecular weight excluding hydrogens is 344 g/mol. The van der Waals surface area contributed by atoms with E-state index >= 15 is 0 Å². The van der Waals surface area contributed by atoms with Gasteiger partial charge in [0.25, 0.3) is 0 Å². The second-order valence-corrected chi connectivity index (χ2v) is 6.71. The molecule has 0 saturated heterocycles. The van der Waals surface area contributed by atoms with Crippen LogP contribution in [0, 0.1) is 11.3 Å². The summed E-state index contributed by atoms with van der Waals surface area (Å²) in [6.45, 7) is 3.95. The zero-order chi connectivity index (χ0) is 15.1. The van der Waals surface area contributed by atoms with Crippen molar-refractivity contribution in [2.24, 2.45) is 0 Å². The van der Waals surface area contributed by atoms with Gasteiger partial charge in [-0.15, -0.1) is 0 Å². The minimum atomic E-state index is 0.732. The summed E-state index contributed by atoms with van der Waals surface area (Å²) in [6.07, 6.45) is 1.11. The number of nitrogens with zero attached hydrogens (tertiary/aromatic N) is 1. The van der Waals surface area contributed by atoms with Gasteiger partial charge in [-0.05, 0) is 48.9 Å². The predicted molar refractivity (Wildman–Crippen MR) is 91.4 cm³/mol. The zero-order valence-corrected chi connectivity index (χ0v) is 14.3. The van der Waals surface area contributed by atoms with Crippen molar-refractivity contribution in [1.82, 2.24) is 5.32 Å². The Bertz CT molecular complexity index is 649. The number of hydrogen-bond donors (Lipinski definition) is 1. The monoisotopic (exact) mass is 360 g/mol. The summed E-state index contributed by atoms with van der Waals surface area (Å²) in [4.78, 5) is 2.12. The molecule has 0 amide bonds. The Kier molecular flexibility index (Phi) is 6.31. The molecule has 2 nitrogen and oxygen atoms in total. The Morgan fingerprint density at radius 2 is 2.10 bits per heavy atom. The van der Waals surface area contributed by atoms with Gasteiger partial charge >= 0.3 is 0 Å². The Morgan fingerprint density at radius 3 is 2.81 bits per heavy atom. The van der Waals surface area contributed by atoms with E-state index in [2.05, 4.69) is 46.4 Å². The van der Waals surface area contributed by atoms with Gasteiger partial charge in [-0.1, -0.05) is 46.7 Å². The van der Waals surface area contributed by atoms with Gasteiger partial charge < -0.3 is 5.32 Å². The van der Waals surface area contributed by atoms with Crippen LogP contribution in [0.3, 0.4) is 0 Å². The molecule has 0 radical (unpaired) electrons. The molecule has 0 atom stereocenters. The van der Waals surface area contributed by atoms with Crippen LogP contribution < -0.4 is 5.32 Å². The van der Waals surface area contributed by atoms with E-state index in [-0.39, 0.29) is 0 Å². The molecule has 0 saturated carbocycles. The fourth-order valence-corrected chi connectivity index (χ4v) is 3.42. The van der Waals surface area contributed by atoms with Crippen LogP contribution in [0.2, 0.25) is 0 Å². The number of hydrogen-bond acceptors (Lipinski definition) is 3. The highest BCUT2D eigenvalue weighted by molar-refractivity contribution is 9.10. The topological polar surface area (TPSA) is 35.8 Å². The van der Waals surface area contributed by atoms with Crippen LogP contribution in [-0.2, 0) is 6.54 Å². The van der Waals surface area contributed by atoms with Crippen LogP contribution in [0.5, 0.6) is 0 Å². The van der Waals surface area contributed by atoms with E-state index in [9.17, 15) is 5.26 Å². The highest BCUT2D eigenvalue weighted by atomic mass is 79.9. The first-order chi connectivity index (χ1) is 10.2. The molecule has 0 aliphatic rings. The van der Waals surface area contributed by atoms with Crippen molar-refractivity contribution >= 4 is 27.7 Å². The average molecular weight is 361 g/mol. The van der Waals surface area contributed by atoms with Gasteiger partial charge in [-0.2, -0.15) is 5.26 Å². The van der Waals surface area contributed by atoms with Crippen molar-refractivity contribution in [2.45, 2.75) is 29.7 Å². The van der Waals surface area contributed by atoms with Gasteiger partial charge in [0, 0.05) is 20.8 Å². The lowest BCUT2D eigenvalue weighted by molar-refractivity contribution is 0.675. The normalized spacial score (nSPS) is 10.3. The lowest BCUT2D eigenvalue weighted by Crippen LogP contribution is -2.13. The van der Waals surface area contributed by atoms with Gasteiger partial charge in [0.2, 0.25) is 0 Å². The molecule has 2 aromatic carbocycles. The molecule has 0 spiro atoms. The van der Waals surface area contributed by atoms with E-state index in [1.807, 2.05) is 30.3 Å². The predicted octanol–water partition coefficient (Wildman–Crippen LogP) is 4.97. The third-order valence-corrected chi connectivity index (χ3v) is 4.50. The maximum Gasteiger partial charge on any atom is 0.100 e. The third-order valence-electron chi connectivity index (χ3n) is 2.94. The van der Waals surface area contributed by atoms with Crippen LogP contribution in [0.4, 0.5) is 0 Å². The summed E-state index contributed by atoms with van der Waals surface area (Å²) < 4.78 is 1.05. The minimum Gasteiger partial charge on any atom is -0.313 e. The molecule has 1 N–H and O–H groups in total. The van der Waals surface area contributed by atoms with Gasteiger partial charge in [0.05, 0.1) is 5.56 Å². The van der Waals surface area contributed by atoms with Gasteiger partial charge in [-0.3, -0.25) is 0 Å². The molecule has 0 unspecified atom stereocenters. The molecule has 0 fully saturated rings. The Balaban J connectivity index is 2.15. The molecule has 0 aliphatic carbocycles. The fraction of sp³-hybridized carbons (Fsp3) is 0.235. The van der Waals surface area contributed by atoms with Crippen LogP contribution >= 0.6 is 27.7 Å². The lowest BCUT2D eigenvalue weighted by Gasteiger charge is -2.08. The number of rotatable bonds is 6. The van der Waals surface area contributed by atoms with Crippen molar-refractivity contribution in [2.75, 3.05) is 6.54 Å². The molecule has 2 rings (SSSR count). The van der Waals surface area contributed by atoms with Crippen molar-refractivity contribution in [1.29, 1.82) is 5.26 Å². The Morgan fingerprint density at radius 1 is 1.24 bits per heavy atom. The zero-order valence-electron chi connectivity index (χ0n) is 11.9. The van der Waals surface area contributed by atoms with Crippen molar-refractivity contribution < 1.29 is 0 Å². The summed E-state index contributed by atoms with van der Waals surface area (Å²) >= 11 is 5.09. The first-order valence-corrected chi connectivity index (χ1v) is 8.51. The van der Waals surface area contributed by atoms with E-state index in [0.717, 1.165) is 44.9 Å². The highest BCUT2D eigenvalue weighted by Gasteiger charge is 2.06. The molecule has 4 heteroatoms. The summed E-state index contributed by atoms with van der Waals surface area (Å²) in [5.74, 6) is 0. The Labute approximate surface area is 138 Å². The number of nitrogens with one attached hydrogen (secondary N) is 1. The van der Waals surface area contributed by atoms with Crippen molar-refractivity contribution in [3.05, 3.63) is 58.1 Å². The van der Waals surface area contributed by atoms with E-state index in [1.54, 1.807) is 11.8 Å². The smallest absolute Gasteiger partial charge is 0.100 e. The van der Waals surface area contributed by atoms with Crippen LogP contribution in [0.15, 0.2) is 56.7 Å². The minimum absolute atomic E-state index is 0.732. The lowest BCUT2D eigenvalue weighted by atomic mass is 10.1. The number of nitriles is 1. The largest absolute Gasteiger partial charge is 0.313 e. The summed E-state index contributed by atoms with van der Waals surface area (Å²) in [7, 11) is 0. The maximum absolute atomic E-state index is 9.35. The summed E-state index contributed by atoms with van der Waals surface area (Å²) in [6, 6.07) is 16.5. The van der Waals surface area contributed by atoms with Crippen LogP contribution in [0.1, 0.15) is 24.5 Å². The molecular formula is C17H17BrN2S. The molecule has 108 valence electrons. The molecule has 0 aromatic heterocycles. The maximum atomic E-state index is 9.35. The van der Waals surface area contributed by atoms with E-state index < -0.39 is 0 Å². The standard InChI is InChI=1S/C17H17BrN2S/c1-2-8-20-12-13-6-7-17(14(9-13)11-19)21-16-5-3-4-15(18)10-16/h3-7,9-10,20H,2,8,12H2,1H3.